The molecule has 3 heteroatoms. The molecule has 1 aromatic heterocycles. The number of anilines is 1. The molecule has 3 rings (SSSR count). The predicted molar refractivity (Wildman–Crippen MR) is 79.9 cm³/mol. The SMILES string of the molecule is Cc1nc2cc(N)ccc2n1CC1C(C)(C)C1(C)C. The zero-order chi connectivity index (χ0) is 14.0. The van der Waals surface area contributed by atoms with Gasteiger partial charge >= 0.3 is 0 Å². The zero-order valence-corrected chi connectivity index (χ0v) is 12.5. The lowest BCUT2D eigenvalue weighted by molar-refractivity contribution is 0.457. The predicted octanol–water partition coefficient (Wildman–Crippen LogP) is 3.61. The zero-order valence-electron chi connectivity index (χ0n) is 12.5. The van der Waals surface area contributed by atoms with Crippen molar-refractivity contribution in [2.75, 3.05) is 5.73 Å². The molecule has 2 aromatic rings. The summed E-state index contributed by atoms with van der Waals surface area (Å²) >= 11 is 0. The van der Waals surface area contributed by atoms with Gasteiger partial charge < -0.3 is 10.3 Å². The molecule has 102 valence electrons. The monoisotopic (exact) mass is 257 g/mol. The first kappa shape index (κ1) is 12.5. The van der Waals surface area contributed by atoms with Crippen LogP contribution in [0.2, 0.25) is 0 Å². The summed E-state index contributed by atoms with van der Waals surface area (Å²) in [5, 5.41) is 0. The van der Waals surface area contributed by atoms with Crippen LogP contribution in [0, 0.1) is 23.7 Å². The second-order valence-electron chi connectivity index (χ2n) is 7.01. The number of fused-ring (bicyclic) bond motifs is 1. The normalized spacial score (nSPS) is 20.9. The van der Waals surface area contributed by atoms with E-state index in [0.29, 0.717) is 16.7 Å². The molecular weight excluding hydrogens is 234 g/mol. The van der Waals surface area contributed by atoms with E-state index >= 15 is 0 Å². The van der Waals surface area contributed by atoms with Crippen molar-refractivity contribution in [3.8, 4) is 0 Å². The fourth-order valence-electron chi connectivity index (χ4n) is 3.47. The standard InChI is InChI=1S/C16H23N3/c1-10-18-12-8-11(17)6-7-13(12)19(10)9-14-15(2,3)16(14,4)5/h6-8,14H,9,17H2,1-5H3. The summed E-state index contributed by atoms with van der Waals surface area (Å²) in [6.45, 7) is 12.6. The molecule has 1 fully saturated rings. The molecule has 1 aliphatic carbocycles. The van der Waals surface area contributed by atoms with Crippen LogP contribution in [0.4, 0.5) is 5.69 Å². The minimum Gasteiger partial charge on any atom is -0.399 e. The summed E-state index contributed by atoms with van der Waals surface area (Å²) in [6.07, 6.45) is 0. The van der Waals surface area contributed by atoms with Crippen LogP contribution in [0.25, 0.3) is 11.0 Å². The summed E-state index contributed by atoms with van der Waals surface area (Å²) in [7, 11) is 0. The van der Waals surface area contributed by atoms with Gasteiger partial charge in [-0.1, -0.05) is 27.7 Å². The number of imidazole rings is 1. The number of hydrogen-bond acceptors (Lipinski definition) is 2. The second kappa shape index (κ2) is 3.53. The Morgan fingerprint density at radius 3 is 2.42 bits per heavy atom. The number of aromatic nitrogens is 2. The van der Waals surface area contributed by atoms with E-state index in [1.54, 1.807) is 0 Å². The summed E-state index contributed by atoms with van der Waals surface area (Å²) in [5.74, 6) is 1.78. The third-order valence-electron chi connectivity index (χ3n) is 5.65. The number of nitrogens with zero attached hydrogens (tertiary/aromatic N) is 2. The molecule has 0 saturated heterocycles. The molecule has 0 spiro atoms. The molecule has 1 aliphatic rings. The van der Waals surface area contributed by atoms with E-state index in [1.807, 2.05) is 12.1 Å². The lowest BCUT2D eigenvalue weighted by Crippen LogP contribution is -2.06. The molecule has 2 N–H and O–H groups in total. The number of rotatable bonds is 2. The van der Waals surface area contributed by atoms with E-state index < -0.39 is 0 Å². The van der Waals surface area contributed by atoms with Crippen molar-refractivity contribution in [2.45, 2.75) is 41.2 Å². The smallest absolute Gasteiger partial charge is 0.106 e. The minimum absolute atomic E-state index is 0.407. The molecule has 0 bridgehead atoms. The first-order chi connectivity index (χ1) is 8.75. The van der Waals surface area contributed by atoms with Crippen LogP contribution in [0.1, 0.15) is 33.5 Å². The molecule has 0 aliphatic heterocycles. The molecule has 19 heavy (non-hydrogen) atoms. The quantitative estimate of drug-likeness (QED) is 0.835. The fraction of sp³-hybridized carbons (Fsp3) is 0.562. The van der Waals surface area contributed by atoms with E-state index in [2.05, 4.69) is 50.2 Å². The first-order valence-electron chi connectivity index (χ1n) is 6.97. The van der Waals surface area contributed by atoms with Gasteiger partial charge in [0.05, 0.1) is 11.0 Å². The molecule has 1 aromatic carbocycles. The number of aryl methyl sites for hydroxylation is 1. The number of nitrogen functional groups attached to an aromatic ring is 1. The van der Waals surface area contributed by atoms with Crippen molar-refractivity contribution < 1.29 is 0 Å². The first-order valence-corrected chi connectivity index (χ1v) is 6.97. The summed E-state index contributed by atoms with van der Waals surface area (Å²) in [5.41, 5.74) is 9.64. The van der Waals surface area contributed by atoms with Crippen molar-refractivity contribution >= 4 is 16.7 Å². The van der Waals surface area contributed by atoms with Gasteiger partial charge in [0.25, 0.3) is 0 Å². The van der Waals surface area contributed by atoms with E-state index in [1.165, 1.54) is 5.52 Å². The van der Waals surface area contributed by atoms with Gasteiger partial charge in [-0.25, -0.2) is 4.98 Å². The van der Waals surface area contributed by atoms with Gasteiger partial charge in [0.2, 0.25) is 0 Å². The molecule has 0 radical (unpaired) electrons. The molecule has 1 saturated carbocycles. The summed E-state index contributed by atoms with van der Waals surface area (Å²) < 4.78 is 2.34. The maximum atomic E-state index is 5.83. The Labute approximate surface area is 114 Å². The lowest BCUT2D eigenvalue weighted by atomic mass is 10.0. The molecular formula is C16H23N3. The van der Waals surface area contributed by atoms with E-state index in [9.17, 15) is 0 Å². The Bertz CT molecular complexity index is 635. The largest absolute Gasteiger partial charge is 0.399 e. The van der Waals surface area contributed by atoms with Crippen LogP contribution >= 0.6 is 0 Å². The molecule has 0 unspecified atom stereocenters. The maximum Gasteiger partial charge on any atom is 0.106 e. The van der Waals surface area contributed by atoms with Crippen LogP contribution in [-0.4, -0.2) is 9.55 Å². The third kappa shape index (κ3) is 1.60. The second-order valence-corrected chi connectivity index (χ2v) is 7.01. The topological polar surface area (TPSA) is 43.8 Å². The fourth-order valence-corrected chi connectivity index (χ4v) is 3.47. The van der Waals surface area contributed by atoms with E-state index in [-0.39, 0.29) is 0 Å². The Kier molecular flexibility index (Phi) is 2.32. The van der Waals surface area contributed by atoms with E-state index in [0.717, 1.165) is 23.6 Å². The third-order valence-corrected chi connectivity index (χ3v) is 5.65. The number of nitrogens with two attached hydrogens (primary N) is 1. The van der Waals surface area contributed by atoms with Gasteiger partial charge in [-0.05, 0) is 41.9 Å². The van der Waals surface area contributed by atoms with Crippen LogP contribution in [-0.2, 0) is 6.54 Å². The van der Waals surface area contributed by atoms with Crippen molar-refractivity contribution in [1.82, 2.24) is 9.55 Å². The van der Waals surface area contributed by atoms with Crippen LogP contribution in [0.15, 0.2) is 18.2 Å². The highest BCUT2D eigenvalue weighted by atomic mass is 15.1. The highest BCUT2D eigenvalue weighted by Crippen LogP contribution is 2.69. The maximum absolute atomic E-state index is 5.83. The average Bonchev–Trinajstić information content (AvgIpc) is 2.57. The minimum atomic E-state index is 0.407. The van der Waals surface area contributed by atoms with Gasteiger partial charge in [0.1, 0.15) is 5.82 Å². The Morgan fingerprint density at radius 2 is 1.84 bits per heavy atom. The van der Waals surface area contributed by atoms with Gasteiger partial charge in [0, 0.05) is 12.2 Å². The van der Waals surface area contributed by atoms with Gasteiger partial charge in [0.15, 0.2) is 0 Å². The molecule has 3 nitrogen and oxygen atoms in total. The number of hydrogen-bond donors (Lipinski definition) is 1. The summed E-state index contributed by atoms with van der Waals surface area (Å²) in [6, 6.07) is 6.01. The molecule has 1 heterocycles. The lowest BCUT2D eigenvalue weighted by Gasteiger charge is -2.08. The Morgan fingerprint density at radius 1 is 1.21 bits per heavy atom. The van der Waals surface area contributed by atoms with Crippen LogP contribution in [0.3, 0.4) is 0 Å². The Balaban J connectivity index is 2.01. The van der Waals surface area contributed by atoms with Gasteiger partial charge in [-0.15, -0.1) is 0 Å². The Hall–Kier alpha value is -1.51. The van der Waals surface area contributed by atoms with Crippen molar-refractivity contribution in [3.05, 3.63) is 24.0 Å². The highest BCUT2D eigenvalue weighted by molar-refractivity contribution is 5.79. The van der Waals surface area contributed by atoms with Crippen LogP contribution < -0.4 is 5.73 Å². The van der Waals surface area contributed by atoms with Crippen LogP contribution in [0.5, 0.6) is 0 Å². The van der Waals surface area contributed by atoms with Crippen molar-refractivity contribution in [2.24, 2.45) is 16.7 Å². The van der Waals surface area contributed by atoms with Gasteiger partial charge in [-0.3, -0.25) is 0 Å². The molecule has 0 atom stereocenters. The van der Waals surface area contributed by atoms with E-state index in [4.69, 9.17) is 5.73 Å². The van der Waals surface area contributed by atoms with Crippen molar-refractivity contribution in [3.63, 3.8) is 0 Å². The summed E-state index contributed by atoms with van der Waals surface area (Å²) in [4.78, 5) is 4.63. The van der Waals surface area contributed by atoms with Crippen molar-refractivity contribution in [1.29, 1.82) is 0 Å². The average molecular weight is 257 g/mol. The molecule has 0 amide bonds. The number of benzene rings is 1. The highest BCUT2D eigenvalue weighted by Gasteiger charge is 2.64. The van der Waals surface area contributed by atoms with Gasteiger partial charge in [-0.2, -0.15) is 0 Å².